The Balaban J connectivity index is 2.15. The molecule has 2 rings (SSSR count). The van der Waals surface area contributed by atoms with Crippen molar-refractivity contribution >= 4 is 11.8 Å². The maximum Gasteiger partial charge on any atom is 0.416 e. The highest BCUT2D eigenvalue weighted by atomic mass is 19.4. The molecule has 0 spiro atoms. The number of hydrogen-bond acceptors (Lipinski definition) is 3. The van der Waals surface area contributed by atoms with Crippen LogP contribution in [0.15, 0.2) is 36.5 Å². The first-order valence-corrected chi connectivity index (χ1v) is 5.59. The van der Waals surface area contributed by atoms with Crippen LogP contribution in [0, 0.1) is 0 Å². The molecule has 2 N–H and O–H groups in total. The number of carbonyl (C=O) groups excluding carboxylic acids is 1. The van der Waals surface area contributed by atoms with Crippen LogP contribution in [0.2, 0.25) is 0 Å². The highest BCUT2D eigenvalue weighted by Crippen LogP contribution is 2.30. The summed E-state index contributed by atoms with van der Waals surface area (Å²) >= 11 is 0. The third-order valence-corrected chi connectivity index (χ3v) is 2.73. The molecule has 4 nitrogen and oxygen atoms in total. The molecule has 106 valence electrons. The van der Waals surface area contributed by atoms with Crippen molar-refractivity contribution in [2.75, 3.05) is 5.73 Å². The van der Waals surface area contributed by atoms with Crippen molar-refractivity contribution in [3.8, 4) is 5.75 Å². The number of aryl methyl sites for hydroxylation is 1. The number of nitrogen functional groups attached to an aromatic ring is 1. The van der Waals surface area contributed by atoms with E-state index < -0.39 is 17.7 Å². The fourth-order valence-electron chi connectivity index (χ4n) is 1.59. The van der Waals surface area contributed by atoms with Crippen LogP contribution in [0.25, 0.3) is 0 Å². The van der Waals surface area contributed by atoms with Crippen LogP contribution in [0.3, 0.4) is 0 Å². The van der Waals surface area contributed by atoms with E-state index in [0.717, 1.165) is 24.3 Å². The first kappa shape index (κ1) is 14.0. The number of nitrogens with two attached hydrogens (primary N) is 1. The lowest BCUT2D eigenvalue weighted by Gasteiger charge is -2.08. The predicted octanol–water partition coefficient (Wildman–Crippen LogP) is 2.85. The molecule has 0 saturated heterocycles. The lowest BCUT2D eigenvalue weighted by molar-refractivity contribution is -0.137. The number of esters is 1. The highest BCUT2D eigenvalue weighted by Gasteiger charge is 2.30. The van der Waals surface area contributed by atoms with Gasteiger partial charge in [0, 0.05) is 13.2 Å². The smallest absolute Gasteiger partial charge is 0.416 e. The van der Waals surface area contributed by atoms with E-state index in [4.69, 9.17) is 10.5 Å². The van der Waals surface area contributed by atoms with Gasteiger partial charge < -0.3 is 15.0 Å². The van der Waals surface area contributed by atoms with Gasteiger partial charge in [-0.25, -0.2) is 4.79 Å². The number of ether oxygens (including phenoxy) is 1. The van der Waals surface area contributed by atoms with Crippen LogP contribution in [0.5, 0.6) is 5.75 Å². The number of alkyl halides is 3. The molecule has 0 fully saturated rings. The third-order valence-electron chi connectivity index (χ3n) is 2.73. The molecule has 0 bridgehead atoms. The van der Waals surface area contributed by atoms with Crippen molar-refractivity contribution in [2.45, 2.75) is 6.18 Å². The maximum absolute atomic E-state index is 12.4. The standard InChI is InChI=1S/C13H11F3N2O2/c1-18-7-6-10(11(18)17)12(19)20-9-4-2-8(3-5-9)13(14,15)16/h2-7H,17H2,1H3. The van der Waals surface area contributed by atoms with E-state index in [9.17, 15) is 18.0 Å². The molecule has 7 heteroatoms. The predicted molar refractivity (Wildman–Crippen MR) is 66.2 cm³/mol. The second-order valence-corrected chi connectivity index (χ2v) is 4.14. The van der Waals surface area contributed by atoms with Gasteiger partial charge in [-0.3, -0.25) is 0 Å². The number of hydrogen-bond donors (Lipinski definition) is 1. The monoisotopic (exact) mass is 284 g/mol. The van der Waals surface area contributed by atoms with Crippen LogP contribution in [-0.2, 0) is 13.2 Å². The van der Waals surface area contributed by atoms with Crippen molar-refractivity contribution in [2.24, 2.45) is 7.05 Å². The van der Waals surface area contributed by atoms with Gasteiger partial charge in [-0.1, -0.05) is 0 Å². The van der Waals surface area contributed by atoms with Gasteiger partial charge in [0.1, 0.15) is 17.1 Å². The van der Waals surface area contributed by atoms with Crippen molar-refractivity contribution in [3.63, 3.8) is 0 Å². The molecule has 1 aromatic carbocycles. The lowest BCUT2D eigenvalue weighted by Crippen LogP contribution is -2.11. The largest absolute Gasteiger partial charge is 0.423 e. The van der Waals surface area contributed by atoms with Crippen molar-refractivity contribution < 1.29 is 22.7 Å². The van der Waals surface area contributed by atoms with E-state index in [1.807, 2.05) is 0 Å². The second kappa shape index (κ2) is 4.92. The van der Waals surface area contributed by atoms with Crippen LogP contribution in [0.1, 0.15) is 15.9 Å². The molecule has 20 heavy (non-hydrogen) atoms. The van der Waals surface area contributed by atoms with Crippen LogP contribution in [-0.4, -0.2) is 10.5 Å². The summed E-state index contributed by atoms with van der Waals surface area (Å²) in [6, 6.07) is 5.33. The summed E-state index contributed by atoms with van der Waals surface area (Å²) in [4.78, 5) is 11.8. The first-order chi connectivity index (χ1) is 9.29. The minimum absolute atomic E-state index is 0.0197. The second-order valence-electron chi connectivity index (χ2n) is 4.14. The summed E-state index contributed by atoms with van der Waals surface area (Å²) in [5.74, 6) is -0.476. The number of benzene rings is 1. The van der Waals surface area contributed by atoms with E-state index in [1.165, 1.54) is 10.6 Å². The number of halogens is 3. The molecule has 1 heterocycles. The van der Waals surface area contributed by atoms with Crippen LogP contribution >= 0.6 is 0 Å². The Kier molecular flexibility index (Phi) is 3.44. The molecule has 0 aliphatic rings. The fraction of sp³-hybridized carbons (Fsp3) is 0.154. The lowest BCUT2D eigenvalue weighted by atomic mass is 10.2. The van der Waals surface area contributed by atoms with Crippen LogP contribution in [0.4, 0.5) is 19.0 Å². The summed E-state index contributed by atoms with van der Waals surface area (Å²) in [6.07, 6.45) is -2.84. The van der Waals surface area contributed by atoms with E-state index in [2.05, 4.69) is 0 Å². The molecule has 0 saturated carbocycles. The molecule has 0 aliphatic heterocycles. The highest BCUT2D eigenvalue weighted by molar-refractivity contribution is 5.95. The van der Waals surface area contributed by atoms with Gasteiger partial charge in [0.15, 0.2) is 0 Å². The minimum atomic E-state index is -4.42. The number of carbonyl (C=O) groups is 1. The average Bonchev–Trinajstić information content (AvgIpc) is 2.69. The molecule has 0 amide bonds. The Morgan fingerprint density at radius 3 is 2.25 bits per heavy atom. The summed E-state index contributed by atoms with van der Waals surface area (Å²) in [5, 5.41) is 0. The summed E-state index contributed by atoms with van der Waals surface area (Å²) in [6.45, 7) is 0. The van der Waals surface area contributed by atoms with Gasteiger partial charge in [-0.05, 0) is 30.3 Å². The van der Waals surface area contributed by atoms with Gasteiger partial charge in [0.05, 0.1) is 5.56 Å². The Labute approximate surface area is 112 Å². The van der Waals surface area contributed by atoms with E-state index >= 15 is 0 Å². The summed E-state index contributed by atoms with van der Waals surface area (Å²) in [7, 11) is 1.66. The number of aromatic nitrogens is 1. The number of nitrogens with zero attached hydrogens (tertiary/aromatic N) is 1. The Bertz CT molecular complexity index is 630. The van der Waals surface area contributed by atoms with Gasteiger partial charge in [0.25, 0.3) is 0 Å². The normalized spacial score (nSPS) is 11.4. The number of rotatable bonds is 2. The fourth-order valence-corrected chi connectivity index (χ4v) is 1.59. The summed E-state index contributed by atoms with van der Waals surface area (Å²) in [5.41, 5.74) is 5.00. The Morgan fingerprint density at radius 2 is 1.80 bits per heavy atom. The van der Waals surface area contributed by atoms with E-state index in [-0.39, 0.29) is 17.1 Å². The quantitative estimate of drug-likeness (QED) is 0.681. The number of anilines is 1. The molecule has 0 unspecified atom stereocenters. The van der Waals surface area contributed by atoms with Gasteiger partial charge >= 0.3 is 12.1 Å². The first-order valence-electron chi connectivity index (χ1n) is 5.59. The molecule has 0 aliphatic carbocycles. The van der Waals surface area contributed by atoms with Crippen molar-refractivity contribution in [3.05, 3.63) is 47.7 Å². The average molecular weight is 284 g/mol. The molecule has 0 atom stereocenters. The molecular weight excluding hydrogens is 273 g/mol. The van der Waals surface area contributed by atoms with Crippen LogP contribution < -0.4 is 10.5 Å². The Hall–Kier alpha value is -2.44. The van der Waals surface area contributed by atoms with Crippen molar-refractivity contribution in [1.29, 1.82) is 0 Å². The zero-order valence-corrected chi connectivity index (χ0v) is 10.4. The maximum atomic E-state index is 12.4. The molecule has 2 aromatic rings. The zero-order valence-electron chi connectivity index (χ0n) is 10.4. The Morgan fingerprint density at radius 1 is 1.20 bits per heavy atom. The summed E-state index contributed by atoms with van der Waals surface area (Å²) < 4.78 is 43.6. The zero-order chi connectivity index (χ0) is 14.9. The molecule has 1 aromatic heterocycles. The molecular formula is C13H11F3N2O2. The van der Waals surface area contributed by atoms with E-state index in [1.54, 1.807) is 13.2 Å². The van der Waals surface area contributed by atoms with Gasteiger partial charge in [-0.2, -0.15) is 13.2 Å². The van der Waals surface area contributed by atoms with E-state index in [0.29, 0.717) is 0 Å². The minimum Gasteiger partial charge on any atom is -0.423 e. The van der Waals surface area contributed by atoms with Gasteiger partial charge in [0.2, 0.25) is 0 Å². The van der Waals surface area contributed by atoms with Gasteiger partial charge in [-0.15, -0.1) is 0 Å². The molecule has 0 radical (unpaired) electrons. The topological polar surface area (TPSA) is 57.2 Å². The van der Waals surface area contributed by atoms with Crippen molar-refractivity contribution in [1.82, 2.24) is 4.57 Å². The third kappa shape index (κ3) is 2.76. The SMILES string of the molecule is Cn1ccc(C(=O)Oc2ccc(C(F)(F)F)cc2)c1N.